The van der Waals surface area contributed by atoms with E-state index in [-0.39, 0.29) is 0 Å². The van der Waals surface area contributed by atoms with Gasteiger partial charge >= 0.3 is 0 Å². The molecule has 0 saturated carbocycles. The van der Waals surface area contributed by atoms with E-state index in [2.05, 4.69) is 0 Å². The summed E-state index contributed by atoms with van der Waals surface area (Å²) >= 11 is 0. The lowest BCUT2D eigenvalue weighted by molar-refractivity contribution is -0.338. The van der Waals surface area contributed by atoms with Crippen LogP contribution in [0.15, 0.2) is 18.2 Å². The van der Waals surface area contributed by atoms with Crippen LogP contribution in [0.2, 0.25) is 0 Å². The first-order chi connectivity index (χ1) is 12.8. The van der Waals surface area contributed by atoms with E-state index >= 15 is 0 Å². The highest BCUT2D eigenvalue weighted by Crippen LogP contribution is 2.66. The molecule has 3 fully saturated rings. The maximum absolute atomic E-state index is 10.1. The molecule has 3 aliphatic heterocycles. The summed E-state index contributed by atoms with van der Waals surface area (Å²) in [5, 5.41) is 38.5. The number of nitrogens with zero attached hydrogens (tertiary/aromatic N) is 3. The van der Waals surface area contributed by atoms with Gasteiger partial charge in [0.25, 0.3) is 0 Å². The van der Waals surface area contributed by atoms with Crippen LogP contribution in [-0.2, 0) is 9.47 Å². The number of nitrogens with one attached hydrogen (secondary N) is 1. The second-order valence-electron chi connectivity index (χ2n) is 6.73. The first-order valence-electron chi connectivity index (χ1n) is 8.21. The highest BCUT2D eigenvalue weighted by atomic mass is 16.7. The number of nitriles is 3. The van der Waals surface area contributed by atoms with E-state index in [9.17, 15) is 15.8 Å². The molecule has 4 atom stereocenters. The Morgan fingerprint density at radius 3 is 2.30 bits per heavy atom. The van der Waals surface area contributed by atoms with Crippen molar-refractivity contribution in [2.75, 3.05) is 14.2 Å². The molecule has 0 aromatic heterocycles. The fourth-order valence-corrected chi connectivity index (χ4v) is 3.99. The Bertz CT molecular complexity index is 926. The minimum atomic E-state index is -1.96. The van der Waals surface area contributed by atoms with Gasteiger partial charge in [-0.25, -0.2) is 0 Å². The Morgan fingerprint density at radius 2 is 1.78 bits per heavy atom. The van der Waals surface area contributed by atoms with Crippen LogP contribution in [0.1, 0.15) is 25.5 Å². The average molecular weight is 366 g/mol. The summed E-state index contributed by atoms with van der Waals surface area (Å²) in [4.78, 5) is 0. The summed E-state index contributed by atoms with van der Waals surface area (Å²) in [6, 6.07) is 11.0. The zero-order valence-electron chi connectivity index (χ0n) is 15.4. The van der Waals surface area contributed by atoms with Gasteiger partial charge in [-0.15, -0.1) is 0 Å². The highest BCUT2D eigenvalue weighted by molar-refractivity contribution is 5.89. The van der Waals surface area contributed by atoms with E-state index in [0.29, 0.717) is 17.1 Å². The quantitative estimate of drug-likeness (QED) is 0.869. The SMILES string of the molecule is COc1ccc(OC)c([C@@H]2O[C@@]3(C)OC(=N)[C@@]2(C#N)C(C#N)(C#N)[C@@H]3C)c1. The van der Waals surface area contributed by atoms with Crippen LogP contribution >= 0.6 is 0 Å². The summed E-state index contributed by atoms with van der Waals surface area (Å²) < 4.78 is 22.4. The number of hydrogen-bond donors (Lipinski definition) is 1. The molecule has 0 amide bonds. The molecule has 8 nitrogen and oxygen atoms in total. The highest BCUT2D eigenvalue weighted by Gasteiger charge is 2.78. The van der Waals surface area contributed by atoms with E-state index in [1.165, 1.54) is 14.2 Å². The van der Waals surface area contributed by atoms with Crippen LogP contribution in [0.25, 0.3) is 0 Å². The van der Waals surface area contributed by atoms with Gasteiger partial charge in [0.2, 0.25) is 11.7 Å². The van der Waals surface area contributed by atoms with Crippen molar-refractivity contribution in [3.05, 3.63) is 23.8 Å². The lowest BCUT2D eigenvalue weighted by Gasteiger charge is -2.60. The first-order valence-corrected chi connectivity index (χ1v) is 8.21. The van der Waals surface area contributed by atoms with Crippen molar-refractivity contribution in [3.63, 3.8) is 0 Å². The summed E-state index contributed by atoms with van der Waals surface area (Å²) in [6.45, 7) is 3.18. The third kappa shape index (κ3) is 2.01. The van der Waals surface area contributed by atoms with E-state index in [1.807, 2.05) is 18.2 Å². The molecule has 1 aromatic carbocycles. The Morgan fingerprint density at radius 1 is 1.11 bits per heavy atom. The maximum atomic E-state index is 10.1. The Balaban J connectivity index is 2.37. The van der Waals surface area contributed by atoms with Crippen molar-refractivity contribution in [1.29, 1.82) is 21.2 Å². The zero-order chi connectivity index (χ0) is 20.0. The van der Waals surface area contributed by atoms with Crippen LogP contribution in [0.5, 0.6) is 11.5 Å². The summed E-state index contributed by atoms with van der Waals surface area (Å²) in [6.07, 6.45) is -1.13. The molecule has 2 bridgehead atoms. The number of methoxy groups -OCH3 is 2. The van der Waals surface area contributed by atoms with Gasteiger partial charge in [0, 0.05) is 12.5 Å². The Labute approximate surface area is 156 Å². The van der Waals surface area contributed by atoms with Gasteiger partial charge in [-0.05, 0) is 18.2 Å². The fourth-order valence-electron chi connectivity index (χ4n) is 3.99. The number of hydrogen-bond acceptors (Lipinski definition) is 8. The number of fused-ring (bicyclic) bond motifs is 3. The van der Waals surface area contributed by atoms with Crippen LogP contribution in [0.3, 0.4) is 0 Å². The largest absolute Gasteiger partial charge is 0.497 e. The predicted molar refractivity (Wildman–Crippen MR) is 91.5 cm³/mol. The minimum absolute atomic E-state index is 0.386. The zero-order valence-corrected chi connectivity index (χ0v) is 15.4. The van der Waals surface area contributed by atoms with Crippen molar-refractivity contribution in [3.8, 4) is 29.7 Å². The molecule has 0 radical (unpaired) electrons. The predicted octanol–water partition coefficient (Wildman–Crippen LogP) is 2.68. The average Bonchev–Trinajstić information content (AvgIpc) is 2.68. The number of ether oxygens (including phenoxy) is 4. The van der Waals surface area contributed by atoms with Gasteiger partial charge in [0.15, 0.2) is 10.8 Å². The minimum Gasteiger partial charge on any atom is -0.497 e. The number of benzene rings is 1. The van der Waals surface area contributed by atoms with Gasteiger partial charge in [-0.2, -0.15) is 15.8 Å². The molecule has 1 aromatic rings. The van der Waals surface area contributed by atoms with E-state index in [4.69, 9.17) is 24.4 Å². The van der Waals surface area contributed by atoms with Crippen LogP contribution < -0.4 is 9.47 Å². The van der Waals surface area contributed by atoms with E-state index in [0.717, 1.165) is 0 Å². The number of rotatable bonds is 3. The van der Waals surface area contributed by atoms with Gasteiger partial charge < -0.3 is 18.9 Å². The van der Waals surface area contributed by atoms with Gasteiger partial charge in [0.1, 0.15) is 17.6 Å². The molecule has 3 saturated heterocycles. The molecule has 0 aliphatic carbocycles. The van der Waals surface area contributed by atoms with E-state index in [1.54, 1.807) is 32.0 Å². The van der Waals surface area contributed by atoms with Gasteiger partial charge in [-0.1, -0.05) is 6.92 Å². The molecule has 3 heterocycles. The molecule has 27 heavy (non-hydrogen) atoms. The molecule has 0 spiro atoms. The van der Waals surface area contributed by atoms with Crippen LogP contribution in [0, 0.1) is 56.2 Å². The summed E-state index contributed by atoms with van der Waals surface area (Å²) in [7, 11) is 2.95. The van der Waals surface area contributed by atoms with Gasteiger partial charge in [-0.3, -0.25) is 5.41 Å². The standard InChI is InChI=1S/C19H18N4O4/c1-11-17(2)26-15(13-7-12(24-3)5-6-14(13)25-4)19(10-22,16(23)27-17)18(11,8-20)9-21/h5-7,11,15,23H,1-4H3/t11-,15+,17+,19+/m1/s1. The van der Waals surface area contributed by atoms with Crippen molar-refractivity contribution in [2.24, 2.45) is 16.7 Å². The maximum Gasteiger partial charge on any atom is 0.215 e. The second kappa shape index (κ2) is 5.87. The fraction of sp³-hybridized carbons (Fsp3) is 0.474. The topological polar surface area (TPSA) is 132 Å². The van der Waals surface area contributed by atoms with Crippen LogP contribution in [0.4, 0.5) is 0 Å². The van der Waals surface area contributed by atoms with Crippen molar-refractivity contribution < 1.29 is 18.9 Å². The lowest BCUT2D eigenvalue weighted by atomic mass is 9.51. The molecular formula is C19H18N4O4. The Hall–Kier alpha value is -3.28. The van der Waals surface area contributed by atoms with Crippen molar-refractivity contribution in [1.82, 2.24) is 0 Å². The second-order valence-corrected chi connectivity index (χ2v) is 6.73. The molecule has 1 N–H and O–H groups in total. The summed E-state index contributed by atoms with van der Waals surface area (Å²) in [5.74, 6) is -1.80. The van der Waals surface area contributed by atoms with Crippen LogP contribution in [-0.4, -0.2) is 25.9 Å². The van der Waals surface area contributed by atoms with E-state index < -0.39 is 34.5 Å². The smallest absolute Gasteiger partial charge is 0.215 e. The normalized spacial score (nSPS) is 33.1. The van der Waals surface area contributed by atoms with Gasteiger partial charge in [0.05, 0.1) is 38.3 Å². The molecule has 3 aliphatic rings. The Kier molecular flexibility index (Phi) is 4.03. The molecule has 8 heteroatoms. The third-order valence-corrected chi connectivity index (χ3v) is 5.71. The van der Waals surface area contributed by atoms with Crippen molar-refractivity contribution in [2.45, 2.75) is 25.7 Å². The lowest BCUT2D eigenvalue weighted by Crippen LogP contribution is -2.71. The summed E-state index contributed by atoms with van der Waals surface area (Å²) in [5.41, 5.74) is -3.41. The molecule has 138 valence electrons. The monoisotopic (exact) mass is 366 g/mol. The first kappa shape index (κ1) is 18.5. The molecule has 4 rings (SSSR count). The van der Waals surface area contributed by atoms with Crippen molar-refractivity contribution >= 4 is 5.90 Å². The molecule has 0 unspecified atom stereocenters. The molecular weight excluding hydrogens is 348 g/mol. The third-order valence-electron chi connectivity index (χ3n) is 5.71.